The Kier molecular flexibility index (Phi) is 3.70. The zero-order chi connectivity index (χ0) is 16.4. The highest BCUT2D eigenvalue weighted by Crippen LogP contribution is 2.44. The van der Waals surface area contributed by atoms with Crippen LogP contribution in [0.1, 0.15) is 11.1 Å². The Bertz CT molecular complexity index is 780. The Hall–Kier alpha value is -2.95. The van der Waals surface area contributed by atoms with Crippen molar-refractivity contribution in [2.45, 2.75) is 5.60 Å². The number of cyclic esters (lactones) is 1. The zero-order valence-electron chi connectivity index (χ0n) is 12.3. The molecule has 0 aromatic heterocycles. The Morgan fingerprint density at radius 3 is 2.35 bits per heavy atom. The van der Waals surface area contributed by atoms with Crippen molar-refractivity contribution >= 4 is 17.5 Å². The van der Waals surface area contributed by atoms with E-state index in [9.17, 15) is 14.0 Å². The third kappa shape index (κ3) is 2.40. The van der Waals surface area contributed by atoms with Gasteiger partial charge in [0.25, 0.3) is 5.60 Å². The normalized spacial score (nSPS) is 19.9. The molecule has 0 aliphatic carbocycles. The highest BCUT2D eigenvalue weighted by Gasteiger charge is 2.53. The van der Waals surface area contributed by atoms with E-state index in [-0.39, 0.29) is 0 Å². The van der Waals surface area contributed by atoms with Crippen molar-refractivity contribution in [3.63, 3.8) is 0 Å². The summed E-state index contributed by atoms with van der Waals surface area (Å²) in [5.74, 6) is -1.85. The lowest BCUT2D eigenvalue weighted by atomic mass is 9.83. The molecule has 1 heterocycles. The van der Waals surface area contributed by atoms with Crippen LogP contribution in [0.2, 0.25) is 0 Å². The molecule has 2 aromatic rings. The summed E-state index contributed by atoms with van der Waals surface area (Å²) in [7, 11) is 1.21. The summed E-state index contributed by atoms with van der Waals surface area (Å²) in [4.78, 5) is 24.4. The van der Waals surface area contributed by atoms with Crippen LogP contribution in [0.25, 0.3) is 5.57 Å². The number of benzene rings is 2. The van der Waals surface area contributed by atoms with Gasteiger partial charge in [-0.1, -0.05) is 42.5 Å². The largest absolute Gasteiger partial charge is 0.466 e. The standard InChI is InChI=1S/C18H13FO4/c1-22-17(21)18(13-7-9-14(19)10-8-13)15(11-16(20)23-18)12-5-3-2-4-6-12/h2-11H,1H3/t18-/m0/s1. The minimum absolute atomic E-state index is 0.326. The van der Waals surface area contributed by atoms with Crippen molar-refractivity contribution in [3.05, 3.63) is 77.6 Å². The molecule has 116 valence electrons. The molecule has 5 heteroatoms. The monoisotopic (exact) mass is 312 g/mol. The summed E-state index contributed by atoms with van der Waals surface area (Å²) in [6, 6.07) is 14.1. The van der Waals surface area contributed by atoms with E-state index in [1.165, 1.54) is 37.5 Å². The average molecular weight is 312 g/mol. The first-order valence-electron chi connectivity index (χ1n) is 6.93. The molecule has 1 aliphatic rings. The van der Waals surface area contributed by atoms with Gasteiger partial charge >= 0.3 is 11.9 Å². The number of carbonyl (C=O) groups is 2. The van der Waals surface area contributed by atoms with Crippen LogP contribution in [-0.2, 0) is 24.7 Å². The van der Waals surface area contributed by atoms with Gasteiger partial charge in [-0.3, -0.25) is 0 Å². The molecule has 0 spiro atoms. The minimum atomic E-state index is -1.74. The maximum atomic E-state index is 13.2. The fourth-order valence-electron chi connectivity index (χ4n) is 2.67. The van der Waals surface area contributed by atoms with Crippen LogP contribution < -0.4 is 0 Å². The molecule has 4 nitrogen and oxygen atoms in total. The summed E-state index contributed by atoms with van der Waals surface area (Å²) in [6.07, 6.45) is 1.26. The number of carbonyl (C=O) groups excluding carboxylic acids is 2. The average Bonchev–Trinajstić information content (AvgIpc) is 2.94. The van der Waals surface area contributed by atoms with Crippen molar-refractivity contribution < 1.29 is 23.5 Å². The highest BCUT2D eigenvalue weighted by molar-refractivity contribution is 6.09. The quantitative estimate of drug-likeness (QED) is 0.818. The van der Waals surface area contributed by atoms with Gasteiger partial charge in [-0.2, -0.15) is 0 Å². The molecule has 0 fully saturated rings. The van der Waals surface area contributed by atoms with E-state index in [0.29, 0.717) is 16.7 Å². The number of ether oxygens (including phenoxy) is 2. The topological polar surface area (TPSA) is 52.6 Å². The summed E-state index contributed by atoms with van der Waals surface area (Å²) < 4.78 is 23.5. The molecule has 0 N–H and O–H groups in total. The van der Waals surface area contributed by atoms with Crippen LogP contribution in [-0.4, -0.2) is 19.0 Å². The van der Waals surface area contributed by atoms with Crippen LogP contribution >= 0.6 is 0 Å². The second-order valence-electron chi connectivity index (χ2n) is 5.02. The molecule has 3 rings (SSSR count). The summed E-state index contributed by atoms with van der Waals surface area (Å²) >= 11 is 0. The number of hydrogen-bond donors (Lipinski definition) is 0. The van der Waals surface area contributed by atoms with Gasteiger partial charge in [-0.05, 0) is 17.7 Å². The third-order valence-corrected chi connectivity index (χ3v) is 3.70. The van der Waals surface area contributed by atoms with Gasteiger partial charge in [0.05, 0.1) is 7.11 Å². The van der Waals surface area contributed by atoms with E-state index >= 15 is 0 Å². The number of halogens is 1. The first-order valence-corrected chi connectivity index (χ1v) is 6.93. The first kappa shape index (κ1) is 15.0. The molecular formula is C18H13FO4. The Labute approximate surface area is 132 Å². The van der Waals surface area contributed by atoms with E-state index in [0.717, 1.165) is 0 Å². The molecule has 0 saturated heterocycles. The maximum absolute atomic E-state index is 13.2. The lowest BCUT2D eigenvalue weighted by molar-refractivity contribution is -0.169. The molecular weight excluding hydrogens is 299 g/mol. The van der Waals surface area contributed by atoms with Crippen LogP contribution in [0.15, 0.2) is 60.7 Å². The Balaban J connectivity index is 2.23. The van der Waals surface area contributed by atoms with Gasteiger partial charge in [0.2, 0.25) is 0 Å². The fourth-order valence-corrected chi connectivity index (χ4v) is 2.67. The third-order valence-electron chi connectivity index (χ3n) is 3.70. The molecule has 0 bridgehead atoms. The van der Waals surface area contributed by atoms with Crippen LogP contribution in [0, 0.1) is 5.82 Å². The van der Waals surface area contributed by atoms with Crippen LogP contribution in [0.5, 0.6) is 0 Å². The van der Waals surface area contributed by atoms with Gasteiger partial charge in [-0.15, -0.1) is 0 Å². The summed E-state index contributed by atoms with van der Waals surface area (Å²) in [5.41, 5.74) is -0.401. The van der Waals surface area contributed by atoms with Crippen molar-refractivity contribution in [2.24, 2.45) is 0 Å². The Morgan fingerprint density at radius 1 is 1.09 bits per heavy atom. The van der Waals surface area contributed by atoms with Crippen molar-refractivity contribution in [2.75, 3.05) is 7.11 Å². The SMILES string of the molecule is COC(=O)[C@@]1(c2ccc(F)cc2)OC(=O)C=C1c1ccccc1. The lowest BCUT2D eigenvalue weighted by Crippen LogP contribution is -2.39. The molecule has 23 heavy (non-hydrogen) atoms. The highest BCUT2D eigenvalue weighted by atomic mass is 19.1. The summed E-state index contributed by atoms with van der Waals surface area (Å²) in [5, 5.41) is 0. The van der Waals surface area contributed by atoms with Crippen LogP contribution in [0.3, 0.4) is 0 Å². The molecule has 0 radical (unpaired) electrons. The van der Waals surface area contributed by atoms with E-state index in [4.69, 9.17) is 9.47 Å². The van der Waals surface area contributed by atoms with Gasteiger partial charge in [0.15, 0.2) is 0 Å². The molecule has 1 atom stereocenters. The van der Waals surface area contributed by atoms with Gasteiger partial charge in [-0.25, -0.2) is 14.0 Å². The van der Waals surface area contributed by atoms with E-state index in [1.54, 1.807) is 24.3 Å². The Morgan fingerprint density at radius 2 is 1.74 bits per heavy atom. The number of methoxy groups -OCH3 is 1. The predicted octanol–water partition coefficient (Wildman–Crippen LogP) is 2.83. The van der Waals surface area contributed by atoms with Gasteiger partial charge < -0.3 is 9.47 Å². The van der Waals surface area contributed by atoms with Crippen molar-refractivity contribution in [3.8, 4) is 0 Å². The molecule has 0 saturated carbocycles. The number of esters is 2. The second kappa shape index (κ2) is 5.68. The van der Waals surface area contributed by atoms with Crippen molar-refractivity contribution in [1.29, 1.82) is 0 Å². The summed E-state index contributed by atoms with van der Waals surface area (Å²) in [6.45, 7) is 0. The zero-order valence-corrected chi connectivity index (χ0v) is 12.3. The van der Waals surface area contributed by atoms with Crippen LogP contribution in [0.4, 0.5) is 4.39 Å². The second-order valence-corrected chi connectivity index (χ2v) is 5.02. The van der Waals surface area contributed by atoms with Gasteiger partial charge in [0, 0.05) is 17.2 Å². The molecule has 0 unspecified atom stereocenters. The number of hydrogen-bond acceptors (Lipinski definition) is 4. The van der Waals surface area contributed by atoms with E-state index in [1.807, 2.05) is 6.07 Å². The van der Waals surface area contributed by atoms with Gasteiger partial charge in [0.1, 0.15) is 5.82 Å². The molecule has 2 aromatic carbocycles. The van der Waals surface area contributed by atoms with E-state index in [2.05, 4.69) is 0 Å². The smallest absolute Gasteiger partial charge is 0.360 e. The fraction of sp³-hybridized carbons (Fsp3) is 0.111. The number of rotatable bonds is 3. The minimum Gasteiger partial charge on any atom is -0.466 e. The molecule has 1 aliphatic heterocycles. The van der Waals surface area contributed by atoms with E-state index < -0.39 is 23.4 Å². The predicted molar refractivity (Wildman–Crippen MR) is 80.6 cm³/mol. The lowest BCUT2D eigenvalue weighted by Gasteiger charge is -2.28. The molecule has 0 amide bonds. The maximum Gasteiger partial charge on any atom is 0.360 e. The first-order chi connectivity index (χ1) is 11.1. The van der Waals surface area contributed by atoms with Crippen molar-refractivity contribution in [1.82, 2.24) is 0 Å².